The van der Waals surface area contributed by atoms with Gasteiger partial charge in [-0.1, -0.05) is 12.1 Å². The fourth-order valence-electron chi connectivity index (χ4n) is 1.01. The van der Waals surface area contributed by atoms with Crippen molar-refractivity contribution >= 4 is 18.1 Å². The third kappa shape index (κ3) is 2.86. The largest absolute Gasteiger partial charge is 0.380 e. The summed E-state index contributed by atoms with van der Waals surface area (Å²) in [6.45, 7) is 5.24. The van der Waals surface area contributed by atoms with Gasteiger partial charge in [-0.25, -0.2) is 4.39 Å². The van der Waals surface area contributed by atoms with Crippen molar-refractivity contribution in [3.63, 3.8) is 0 Å². The zero-order chi connectivity index (χ0) is 9.68. The molecule has 0 fully saturated rings. The molecule has 0 spiro atoms. The molecule has 1 unspecified atom stereocenters. The number of nitrogens with zero attached hydrogens (tertiary/aromatic N) is 1. The minimum absolute atomic E-state index is 0.298. The molecule has 0 radical (unpaired) electrons. The molecule has 0 amide bonds. The van der Waals surface area contributed by atoms with Gasteiger partial charge >= 0.3 is 0 Å². The molecule has 70 valence electrons. The highest BCUT2D eigenvalue weighted by atomic mass is 19.1. The molecule has 1 rings (SSSR count). The smallest absolute Gasteiger partial charge is 0.114 e. The Hall–Kier alpha value is -1.38. The van der Waals surface area contributed by atoms with Crippen molar-refractivity contribution in [3.05, 3.63) is 24.3 Å². The summed E-state index contributed by atoms with van der Waals surface area (Å²) in [4.78, 5) is 3.81. The number of rotatable bonds is 4. The van der Waals surface area contributed by atoms with Crippen LogP contribution in [0.2, 0.25) is 0 Å². The summed E-state index contributed by atoms with van der Waals surface area (Å²) in [5, 5.41) is 2.95. The Bertz CT molecular complexity index is 284. The Morgan fingerprint density at radius 1 is 1.54 bits per heavy atom. The lowest BCUT2D eigenvalue weighted by molar-refractivity contribution is 0.378. The van der Waals surface area contributed by atoms with Crippen molar-refractivity contribution in [2.75, 3.05) is 11.9 Å². The van der Waals surface area contributed by atoms with Crippen molar-refractivity contribution in [1.82, 2.24) is 0 Å². The van der Waals surface area contributed by atoms with E-state index in [2.05, 4.69) is 17.0 Å². The average molecular weight is 180 g/mol. The maximum absolute atomic E-state index is 12.5. The van der Waals surface area contributed by atoms with Crippen molar-refractivity contribution < 1.29 is 4.39 Å². The minimum Gasteiger partial charge on any atom is -0.380 e. The number of para-hydroxylation sites is 2. The van der Waals surface area contributed by atoms with E-state index in [0.29, 0.717) is 6.54 Å². The van der Waals surface area contributed by atoms with Crippen LogP contribution in [0.1, 0.15) is 6.92 Å². The van der Waals surface area contributed by atoms with Crippen molar-refractivity contribution in [2.45, 2.75) is 13.1 Å². The summed E-state index contributed by atoms with van der Waals surface area (Å²) < 4.78 is 12.5. The van der Waals surface area contributed by atoms with Crippen molar-refractivity contribution in [2.24, 2.45) is 4.99 Å². The second-order valence-electron chi connectivity index (χ2n) is 2.84. The van der Waals surface area contributed by atoms with Gasteiger partial charge in [0.2, 0.25) is 0 Å². The van der Waals surface area contributed by atoms with Gasteiger partial charge in [-0.15, -0.1) is 0 Å². The van der Waals surface area contributed by atoms with Gasteiger partial charge in [0.15, 0.2) is 0 Å². The molecule has 1 N–H and O–H groups in total. The Morgan fingerprint density at radius 2 is 2.23 bits per heavy atom. The molecule has 0 aliphatic heterocycles. The molecule has 1 aromatic carbocycles. The SMILES string of the molecule is C=Nc1ccccc1NCC(C)F. The first-order valence-electron chi connectivity index (χ1n) is 4.17. The van der Waals surface area contributed by atoms with Crippen LogP contribution < -0.4 is 5.32 Å². The Morgan fingerprint density at radius 3 is 2.85 bits per heavy atom. The second kappa shape index (κ2) is 4.60. The highest BCUT2D eigenvalue weighted by Crippen LogP contribution is 2.23. The number of halogens is 1. The van der Waals surface area contributed by atoms with E-state index < -0.39 is 6.17 Å². The zero-order valence-corrected chi connectivity index (χ0v) is 7.63. The Balaban J connectivity index is 2.69. The first-order chi connectivity index (χ1) is 6.24. The third-order valence-electron chi connectivity index (χ3n) is 1.65. The van der Waals surface area contributed by atoms with Crippen LogP contribution in [0, 0.1) is 0 Å². The third-order valence-corrected chi connectivity index (χ3v) is 1.65. The Labute approximate surface area is 77.5 Å². The standard InChI is InChI=1S/C10H13FN2/c1-8(11)7-13-10-6-4-3-5-9(10)12-2/h3-6,8,13H,2,7H2,1H3. The molecule has 0 saturated heterocycles. The second-order valence-corrected chi connectivity index (χ2v) is 2.84. The maximum Gasteiger partial charge on any atom is 0.114 e. The van der Waals surface area contributed by atoms with Crippen LogP contribution in [0.15, 0.2) is 29.3 Å². The Kier molecular flexibility index (Phi) is 3.43. The summed E-state index contributed by atoms with van der Waals surface area (Å²) in [5.41, 5.74) is 1.57. The predicted octanol–water partition coefficient (Wildman–Crippen LogP) is 2.79. The molecule has 1 aromatic rings. The van der Waals surface area contributed by atoms with E-state index in [-0.39, 0.29) is 0 Å². The highest BCUT2D eigenvalue weighted by Gasteiger charge is 2.00. The summed E-state index contributed by atoms with van der Waals surface area (Å²) in [6.07, 6.45) is -0.863. The van der Waals surface area contributed by atoms with Gasteiger partial charge in [0.05, 0.1) is 11.4 Å². The maximum atomic E-state index is 12.5. The number of benzene rings is 1. The molecule has 0 bridgehead atoms. The molecule has 0 aliphatic carbocycles. The summed E-state index contributed by atoms with van der Waals surface area (Å²) in [5.74, 6) is 0. The van der Waals surface area contributed by atoms with Gasteiger partial charge in [0, 0.05) is 6.54 Å². The zero-order valence-electron chi connectivity index (χ0n) is 7.63. The molecule has 0 aliphatic rings. The molecule has 0 aromatic heterocycles. The first kappa shape index (κ1) is 9.71. The fraction of sp³-hybridized carbons (Fsp3) is 0.300. The lowest BCUT2D eigenvalue weighted by Gasteiger charge is -2.08. The van der Waals surface area contributed by atoms with Crippen LogP contribution in [0.25, 0.3) is 0 Å². The molecule has 2 nitrogen and oxygen atoms in total. The number of hydrogen-bond acceptors (Lipinski definition) is 2. The van der Waals surface area contributed by atoms with Gasteiger partial charge in [0.25, 0.3) is 0 Å². The number of alkyl halides is 1. The normalized spacial score (nSPS) is 12.2. The molecule has 1 atom stereocenters. The number of nitrogens with one attached hydrogen (secondary N) is 1. The molecular formula is C10H13FN2. The van der Waals surface area contributed by atoms with Gasteiger partial charge < -0.3 is 5.32 Å². The lowest BCUT2D eigenvalue weighted by atomic mass is 10.2. The van der Waals surface area contributed by atoms with Gasteiger partial charge in [-0.2, -0.15) is 0 Å². The van der Waals surface area contributed by atoms with Crippen LogP contribution in [-0.4, -0.2) is 19.4 Å². The minimum atomic E-state index is -0.863. The predicted molar refractivity (Wildman–Crippen MR) is 54.7 cm³/mol. The van der Waals surface area contributed by atoms with E-state index in [1.54, 1.807) is 0 Å². The van der Waals surface area contributed by atoms with E-state index in [9.17, 15) is 4.39 Å². The van der Waals surface area contributed by atoms with Crippen LogP contribution >= 0.6 is 0 Å². The summed E-state index contributed by atoms with van der Waals surface area (Å²) in [6, 6.07) is 7.43. The molecule has 3 heteroatoms. The lowest BCUT2D eigenvalue weighted by Crippen LogP contribution is -2.11. The van der Waals surface area contributed by atoms with E-state index in [4.69, 9.17) is 0 Å². The van der Waals surface area contributed by atoms with Crippen molar-refractivity contribution in [3.8, 4) is 0 Å². The molecule has 0 heterocycles. The molecule has 13 heavy (non-hydrogen) atoms. The van der Waals surface area contributed by atoms with E-state index in [0.717, 1.165) is 11.4 Å². The van der Waals surface area contributed by atoms with E-state index in [1.165, 1.54) is 6.92 Å². The van der Waals surface area contributed by atoms with E-state index >= 15 is 0 Å². The van der Waals surface area contributed by atoms with Crippen LogP contribution in [0.4, 0.5) is 15.8 Å². The summed E-state index contributed by atoms with van der Waals surface area (Å²) in [7, 11) is 0. The van der Waals surface area contributed by atoms with Crippen LogP contribution in [0.3, 0.4) is 0 Å². The van der Waals surface area contributed by atoms with Gasteiger partial charge in [-0.3, -0.25) is 4.99 Å². The van der Waals surface area contributed by atoms with Crippen molar-refractivity contribution in [1.29, 1.82) is 0 Å². The summed E-state index contributed by atoms with van der Waals surface area (Å²) >= 11 is 0. The number of anilines is 1. The van der Waals surface area contributed by atoms with E-state index in [1.807, 2.05) is 24.3 Å². The molecular weight excluding hydrogens is 167 g/mol. The number of aliphatic imine (C=N–C) groups is 1. The van der Waals surface area contributed by atoms with Gasteiger partial charge in [0.1, 0.15) is 6.17 Å². The monoisotopic (exact) mass is 180 g/mol. The van der Waals surface area contributed by atoms with Crippen LogP contribution in [-0.2, 0) is 0 Å². The first-order valence-corrected chi connectivity index (χ1v) is 4.17. The average Bonchev–Trinajstić information content (AvgIpc) is 2.15. The molecule has 0 saturated carbocycles. The quantitative estimate of drug-likeness (QED) is 0.708. The highest BCUT2D eigenvalue weighted by molar-refractivity contribution is 5.67. The van der Waals surface area contributed by atoms with Crippen LogP contribution in [0.5, 0.6) is 0 Å². The number of hydrogen-bond donors (Lipinski definition) is 1. The topological polar surface area (TPSA) is 24.4 Å². The fourth-order valence-corrected chi connectivity index (χ4v) is 1.01. The van der Waals surface area contributed by atoms with Gasteiger partial charge in [-0.05, 0) is 25.8 Å².